The van der Waals surface area contributed by atoms with Gasteiger partial charge in [0.15, 0.2) is 0 Å². The molecule has 18 heavy (non-hydrogen) atoms. The van der Waals surface area contributed by atoms with E-state index in [2.05, 4.69) is 0 Å². The van der Waals surface area contributed by atoms with E-state index in [1.54, 1.807) is 0 Å². The van der Waals surface area contributed by atoms with Crippen LogP contribution < -0.4 is 0 Å². The average Bonchev–Trinajstić information content (AvgIpc) is 1.92. The minimum atomic E-state index is -1.42. The van der Waals surface area contributed by atoms with Gasteiger partial charge in [-0.25, -0.2) is 0 Å². The molecule has 0 amide bonds. The molecular formula is H8Al2O12Si4. The summed E-state index contributed by atoms with van der Waals surface area (Å²) < 4.78 is 67.2. The molecule has 0 aliphatic rings. The van der Waals surface area contributed by atoms with Crippen LogP contribution in [0.3, 0.4) is 0 Å². The molecule has 0 saturated heterocycles. The van der Waals surface area contributed by atoms with Crippen molar-refractivity contribution in [3.8, 4) is 0 Å². The molecule has 0 saturated carbocycles. The summed E-state index contributed by atoms with van der Waals surface area (Å²) in [5.41, 5.74) is 0. The Labute approximate surface area is 129 Å². The SMILES string of the molecule is O.O.O.O.O=[Si]=O.O=[Si]=O.O=[Si]=O.O=[Si]=O.[Al].[Al]. The molecule has 0 aromatic rings. The second kappa shape index (κ2) is 258. The Morgan fingerprint density at radius 2 is 0.333 bits per heavy atom. The van der Waals surface area contributed by atoms with Gasteiger partial charge in [-0.3, -0.25) is 35.7 Å². The lowest BCUT2D eigenvalue weighted by atomic mass is 15.9. The van der Waals surface area contributed by atoms with Crippen LogP contribution in [-0.2, 0) is 35.7 Å². The van der Waals surface area contributed by atoms with Gasteiger partial charge in [0.05, 0.1) is 0 Å². The van der Waals surface area contributed by atoms with Gasteiger partial charge in [-0.05, 0) is 0 Å². The fraction of sp³-hybridized carbons (Fsp3) is 0. The Hall–Kier alpha value is 0.172. The first-order valence-corrected chi connectivity index (χ1v) is 4.90. The molecule has 102 valence electrons. The van der Waals surface area contributed by atoms with Crippen LogP contribution >= 0.6 is 0 Å². The van der Waals surface area contributed by atoms with Crippen molar-refractivity contribution < 1.29 is 57.6 Å². The van der Waals surface area contributed by atoms with Gasteiger partial charge in [0.25, 0.3) is 0 Å². The fourth-order valence-electron chi connectivity index (χ4n) is 0. The molecule has 0 aromatic carbocycles. The van der Waals surface area contributed by atoms with E-state index in [-0.39, 0.29) is 56.6 Å². The van der Waals surface area contributed by atoms with E-state index in [9.17, 15) is 0 Å². The van der Waals surface area contributed by atoms with Gasteiger partial charge in [0.1, 0.15) is 0 Å². The molecule has 0 aliphatic heterocycles. The van der Waals surface area contributed by atoms with Crippen molar-refractivity contribution in [3.63, 3.8) is 0 Å². The lowest BCUT2D eigenvalue weighted by molar-refractivity contribution is 0.496. The molecular weight excluding hydrogens is 358 g/mol. The molecule has 18 heteroatoms. The Balaban J connectivity index is -0.00000000533. The molecule has 0 rings (SSSR count). The smallest absolute Gasteiger partial charge is 0.412 e. The van der Waals surface area contributed by atoms with Crippen LogP contribution in [0, 0.1) is 0 Å². The van der Waals surface area contributed by atoms with E-state index < -0.39 is 37.2 Å². The molecule has 8 N–H and O–H groups in total. The first-order valence-electron chi connectivity index (χ1n) is 1.63. The van der Waals surface area contributed by atoms with Gasteiger partial charge < -0.3 is 21.9 Å². The van der Waals surface area contributed by atoms with E-state index in [0.29, 0.717) is 0 Å². The van der Waals surface area contributed by atoms with Crippen molar-refractivity contribution in [2.45, 2.75) is 0 Å². The zero-order chi connectivity index (χ0) is 10.8. The summed E-state index contributed by atoms with van der Waals surface area (Å²) in [6.45, 7) is 0. The molecule has 0 aliphatic carbocycles. The standard InChI is InChI=1S/2Al.4O2Si.4H2O/c;;4*1-3-2;;;;/h;;;;;;4*1H2. The van der Waals surface area contributed by atoms with Gasteiger partial charge in [-0.2, -0.15) is 0 Å². The van der Waals surface area contributed by atoms with E-state index in [1.807, 2.05) is 0 Å². The first kappa shape index (κ1) is 80.2. The molecule has 0 spiro atoms. The summed E-state index contributed by atoms with van der Waals surface area (Å²) in [7, 11) is -5.67. The second-order valence-corrected chi connectivity index (χ2v) is 1.00. The zero-order valence-electron chi connectivity index (χ0n) is 8.42. The summed E-state index contributed by atoms with van der Waals surface area (Å²) in [6.07, 6.45) is 0. The largest absolute Gasteiger partial charge is 0.549 e. The maximum atomic E-state index is 8.40. The van der Waals surface area contributed by atoms with Crippen molar-refractivity contribution in [1.82, 2.24) is 0 Å². The minimum absolute atomic E-state index is 0. The van der Waals surface area contributed by atoms with Gasteiger partial charge >= 0.3 is 37.2 Å². The fourth-order valence-corrected chi connectivity index (χ4v) is 0. The van der Waals surface area contributed by atoms with Crippen LogP contribution in [0.5, 0.6) is 0 Å². The van der Waals surface area contributed by atoms with Crippen LogP contribution in [0.2, 0.25) is 0 Å². The minimum Gasteiger partial charge on any atom is -0.412 e. The van der Waals surface area contributed by atoms with Crippen molar-refractivity contribution in [3.05, 3.63) is 0 Å². The van der Waals surface area contributed by atoms with Crippen molar-refractivity contribution in [2.75, 3.05) is 0 Å². The maximum absolute atomic E-state index is 8.40. The maximum Gasteiger partial charge on any atom is 0.549 e. The molecule has 0 unspecified atom stereocenters. The topological polar surface area (TPSA) is 263 Å². The monoisotopic (exact) mass is 366 g/mol. The predicted molar refractivity (Wildman–Crippen MR) is 54.5 cm³/mol. The van der Waals surface area contributed by atoms with E-state index in [1.165, 1.54) is 0 Å². The average molecular weight is 366 g/mol. The van der Waals surface area contributed by atoms with Gasteiger partial charge in [0, 0.05) is 34.7 Å². The molecule has 0 bridgehead atoms. The lowest BCUT2D eigenvalue weighted by Crippen LogP contribution is -1.26. The normalized spacial score (nSPS) is 1.78. The number of hydrogen-bond acceptors (Lipinski definition) is 8. The van der Waals surface area contributed by atoms with Gasteiger partial charge in [-0.15, -0.1) is 0 Å². The van der Waals surface area contributed by atoms with E-state index in [4.69, 9.17) is 35.7 Å². The molecule has 0 heterocycles. The molecule has 6 radical (unpaired) electrons. The highest BCUT2D eigenvalue weighted by molar-refractivity contribution is 5.95. The summed E-state index contributed by atoms with van der Waals surface area (Å²) >= 11 is 0. The summed E-state index contributed by atoms with van der Waals surface area (Å²) in [5, 5.41) is 0. The molecule has 0 aromatic heterocycles. The summed E-state index contributed by atoms with van der Waals surface area (Å²) in [5.74, 6) is 0. The Bertz CT molecular complexity index is 154. The highest BCUT2D eigenvalue weighted by Gasteiger charge is 1.23. The van der Waals surface area contributed by atoms with Crippen molar-refractivity contribution in [1.29, 1.82) is 0 Å². The predicted octanol–water partition coefficient (Wildman–Crippen LogP) is -6.53. The van der Waals surface area contributed by atoms with Crippen LogP contribution in [0.25, 0.3) is 0 Å². The highest BCUT2D eigenvalue weighted by Crippen LogP contribution is 0.768. The quantitative estimate of drug-likeness (QED) is 0.371. The van der Waals surface area contributed by atoms with Gasteiger partial charge in [0.2, 0.25) is 0 Å². The Morgan fingerprint density at radius 1 is 0.333 bits per heavy atom. The van der Waals surface area contributed by atoms with Crippen molar-refractivity contribution >= 4 is 71.9 Å². The highest BCUT2D eigenvalue weighted by atomic mass is 28.2. The Morgan fingerprint density at radius 3 is 0.333 bits per heavy atom. The molecule has 0 fully saturated rings. The van der Waals surface area contributed by atoms with E-state index in [0.717, 1.165) is 0 Å². The third kappa shape index (κ3) is 125000. The van der Waals surface area contributed by atoms with Gasteiger partial charge in [-0.1, -0.05) is 0 Å². The molecule has 12 nitrogen and oxygen atoms in total. The third-order valence-corrected chi connectivity index (χ3v) is 0. The lowest BCUT2D eigenvalue weighted by Gasteiger charge is -0.944. The summed E-state index contributed by atoms with van der Waals surface area (Å²) in [6, 6.07) is 0. The number of rotatable bonds is 0. The van der Waals surface area contributed by atoms with Crippen LogP contribution in [0.15, 0.2) is 0 Å². The van der Waals surface area contributed by atoms with Crippen LogP contribution in [0.4, 0.5) is 0 Å². The second-order valence-electron chi connectivity index (χ2n) is 0.333. The zero-order valence-corrected chi connectivity index (χ0v) is 14.7. The first-order chi connectivity index (χ1) is 5.66. The van der Waals surface area contributed by atoms with Crippen LogP contribution in [-0.4, -0.2) is 93.8 Å². The third-order valence-electron chi connectivity index (χ3n) is 0. The number of hydrogen-bond donors (Lipinski definition) is 0. The van der Waals surface area contributed by atoms with Crippen LogP contribution in [0.1, 0.15) is 0 Å². The summed E-state index contributed by atoms with van der Waals surface area (Å²) in [4.78, 5) is 0. The Kier molecular flexibility index (Phi) is 1150. The molecule has 0 atom stereocenters. The van der Waals surface area contributed by atoms with Crippen molar-refractivity contribution in [2.24, 2.45) is 0 Å². The van der Waals surface area contributed by atoms with E-state index >= 15 is 0 Å².